The van der Waals surface area contributed by atoms with Gasteiger partial charge in [0.2, 0.25) is 15.9 Å². The number of nitrogens with zero attached hydrogens (tertiary/aromatic N) is 2. The van der Waals surface area contributed by atoms with Crippen molar-refractivity contribution in [2.75, 3.05) is 33.9 Å². The molecule has 0 aliphatic rings. The van der Waals surface area contributed by atoms with Crippen molar-refractivity contribution >= 4 is 27.3 Å². The predicted molar refractivity (Wildman–Crippen MR) is 138 cm³/mol. The molecule has 0 radical (unpaired) electrons. The van der Waals surface area contributed by atoms with Crippen LogP contribution in [0.1, 0.15) is 10.4 Å². The third kappa shape index (κ3) is 6.94. The molecule has 0 aliphatic heterocycles. The minimum absolute atomic E-state index is 0.0332. The Balaban J connectivity index is 1.80. The number of sulfonamides is 1. The van der Waals surface area contributed by atoms with Crippen LogP contribution in [0.5, 0.6) is 11.5 Å². The minimum atomic E-state index is -3.85. The van der Waals surface area contributed by atoms with E-state index in [-0.39, 0.29) is 23.9 Å². The van der Waals surface area contributed by atoms with Crippen molar-refractivity contribution in [1.29, 1.82) is 0 Å². The Morgan fingerprint density at radius 1 is 1.03 bits per heavy atom. The number of hydrogen-bond acceptors (Lipinski definition) is 6. The van der Waals surface area contributed by atoms with Crippen molar-refractivity contribution < 1.29 is 22.7 Å². The van der Waals surface area contributed by atoms with Crippen LogP contribution in [-0.2, 0) is 27.8 Å². The third-order valence-electron chi connectivity index (χ3n) is 5.42. The second-order valence-electron chi connectivity index (χ2n) is 7.73. The lowest BCUT2D eigenvalue weighted by atomic mass is 10.1. The van der Waals surface area contributed by atoms with Crippen LogP contribution in [0.4, 0.5) is 0 Å². The minimum Gasteiger partial charge on any atom is -0.493 e. The zero-order valence-electron chi connectivity index (χ0n) is 19.9. The third-order valence-corrected chi connectivity index (χ3v) is 8.11. The van der Waals surface area contributed by atoms with Crippen molar-refractivity contribution in [2.24, 2.45) is 0 Å². The highest BCUT2D eigenvalue weighted by Crippen LogP contribution is 2.28. The summed E-state index contributed by atoms with van der Waals surface area (Å²) in [4.78, 5) is 16.3. The molecular weight excluding hydrogens is 484 g/mol. The Hall–Kier alpha value is -3.14. The van der Waals surface area contributed by atoms with Crippen LogP contribution in [0.2, 0.25) is 0 Å². The van der Waals surface area contributed by atoms with E-state index in [0.29, 0.717) is 31.0 Å². The Kier molecular flexibility index (Phi) is 9.47. The highest BCUT2D eigenvalue weighted by Gasteiger charge is 2.27. The first kappa shape index (κ1) is 26.5. The molecule has 0 atom stereocenters. The largest absolute Gasteiger partial charge is 0.493 e. The van der Waals surface area contributed by atoms with E-state index in [1.807, 2.05) is 35.7 Å². The van der Waals surface area contributed by atoms with Gasteiger partial charge < -0.3 is 14.4 Å². The van der Waals surface area contributed by atoms with E-state index in [1.54, 1.807) is 48.7 Å². The number of methoxy groups -OCH3 is 2. The number of thiophene rings is 1. The topological polar surface area (TPSA) is 76.2 Å². The molecule has 3 aromatic rings. The van der Waals surface area contributed by atoms with E-state index < -0.39 is 10.0 Å². The lowest BCUT2D eigenvalue weighted by Crippen LogP contribution is -2.43. The number of hydrogen-bond donors (Lipinski definition) is 0. The summed E-state index contributed by atoms with van der Waals surface area (Å²) in [5.74, 6) is 0.974. The van der Waals surface area contributed by atoms with Crippen LogP contribution < -0.4 is 9.47 Å². The van der Waals surface area contributed by atoms with Gasteiger partial charge in [0.25, 0.3) is 0 Å². The summed E-state index contributed by atoms with van der Waals surface area (Å²) >= 11 is 1.55. The second kappa shape index (κ2) is 12.5. The molecule has 35 heavy (non-hydrogen) atoms. The fourth-order valence-electron chi connectivity index (χ4n) is 3.57. The van der Waals surface area contributed by atoms with E-state index in [2.05, 4.69) is 6.58 Å². The summed E-state index contributed by atoms with van der Waals surface area (Å²) in [6.07, 6.45) is 2.06. The van der Waals surface area contributed by atoms with E-state index in [4.69, 9.17) is 9.47 Å². The molecular formula is C26H30N2O5S2. The first-order valence-corrected chi connectivity index (χ1v) is 13.4. The SMILES string of the molecule is C=CCN(CC(=O)N(CCc1ccc(OC)c(OC)c1)Cc1cccs1)S(=O)(=O)c1ccccc1. The summed E-state index contributed by atoms with van der Waals surface area (Å²) in [6.45, 7) is 4.25. The van der Waals surface area contributed by atoms with E-state index in [0.717, 1.165) is 14.7 Å². The zero-order chi connectivity index (χ0) is 25.3. The number of ether oxygens (including phenoxy) is 2. The Morgan fingerprint density at radius 3 is 2.40 bits per heavy atom. The van der Waals surface area contributed by atoms with Crippen molar-refractivity contribution in [3.63, 3.8) is 0 Å². The van der Waals surface area contributed by atoms with Crippen LogP contribution in [0.3, 0.4) is 0 Å². The molecule has 2 aromatic carbocycles. The van der Waals surface area contributed by atoms with Crippen LogP contribution >= 0.6 is 11.3 Å². The molecule has 1 heterocycles. The van der Waals surface area contributed by atoms with Gasteiger partial charge in [-0.05, 0) is 47.7 Å². The van der Waals surface area contributed by atoms with Gasteiger partial charge in [-0.3, -0.25) is 4.79 Å². The Morgan fingerprint density at radius 2 is 1.77 bits per heavy atom. The molecule has 186 valence electrons. The lowest BCUT2D eigenvalue weighted by molar-refractivity contribution is -0.131. The van der Waals surface area contributed by atoms with Gasteiger partial charge in [-0.25, -0.2) is 8.42 Å². The highest BCUT2D eigenvalue weighted by atomic mass is 32.2. The monoisotopic (exact) mass is 514 g/mol. The molecule has 1 amide bonds. The maximum Gasteiger partial charge on any atom is 0.243 e. The van der Waals surface area contributed by atoms with Gasteiger partial charge in [-0.2, -0.15) is 4.31 Å². The fraction of sp³-hybridized carbons (Fsp3) is 0.269. The van der Waals surface area contributed by atoms with Gasteiger partial charge in [0.1, 0.15) is 0 Å². The van der Waals surface area contributed by atoms with Gasteiger partial charge in [0.05, 0.1) is 32.2 Å². The molecule has 0 aliphatic carbocycles. The number of carbonyl (C=O) groups excluding carboxylic acids is 1. The summed E-state index contributed by atoms with van der Waals surface area (Å²) in [5, 5.41) is 1.95. The van der Waals surface area contributed by atoms with E-state index >= 15 is 0 Å². The quantitative estimate of drug-likeness (QED) is 0.319. The smallest absolute Gasteiger partial charge is 0.243 e. The van der Waals surface area contributed by atoms with E-state index in [9.17, 15) is 13.2 Å². The Labute approximate surface area is 211 Å². The first-order valence-electron chi connectivity index (χ1n) is 11.1. The summed E-state index contributed by atoms with van der Waals surface area (Å²) in [6, 6.07) is 17.7. The zero-order valence-corrected chi connectivity index (χ0v) is 21.6. The average molecular weight is 515 g/mol. The van der Waals surface area contributed by atoms with Crippen LogP contribution in [0, 0.1) is 0 Å². The summed E-state index contributed by atoms with van der Waals surface area (Å²) in [7, 11) is -0.691. The molecule has 7 nitrogen and oxygen atoms in total. The number of amides is 1. The van der Waals surface area contributed by atoms with Gasteiger partial charge in [-0.15, -0.1) is 17.9 Å². The van der Waals surface area contributed by atoms with Gasteiger partial charge in [0, 0.05) is 18.0 Å². The molecule has 0 N–H and O–H groups in total. The van der Waals surface area contributed by atoms with Gasteiger partial charge >= 0.3 is 0 Å². The fourth-order valence-corrected chi connectivity index (χ4v) is 5.67. The standard InChI is InChI=1S/C26H30N2O5S2/c1-4-15-28(35(30,31)23-10-6-5-7-11-23)20-26(29)27(19-22-9-8-17-34-22)16-14-21-12-13-24(32-2)25(18-21)33-3/h4-13,17-18H,1,14-16,19-20H2,2-3H3. The predicted octanol–water partition coefficient (Wildman–Crippen LogP) is 4.21. The van der Waals surface area contributed by atoms with Crippen LogP contribution in [0.15, 0.2) is 83.6 Å². The highest BCUT2D eigenvalue weighted by molar-refractivity contribution is 7.89. The van der Waals surface area contributed by atoms with Crippen molar-refractivity contribution in [3.8, 4) is 11.5 Å². The molecule has 0 bridgehead atoms. The molecule has 1 aromatic heterocycles. The van der Waals surface area contributed by atoms with Crippen LogP contribution in [-0.4, -0.2) is 57.4 Å². The average Bonchev–Trinajstić information content (AvgIpc) is 3.39. The first-order chi connectivity index (χ1) is 16.9. The van der Waals surface area contributed by atoms with Gasteiger partial charge in [-0.1, -0.05) is 36.4 Å². The second-order valence-corrected chi connectivity index (χ2v) is 10.7. The maximum atomic E-state index is 13.4. The van der Waals surface area contributed by atoms with Crippen molar-refractivity contribution in [1.82, 2.24) is 9.21 Å². The summed E-state index contributed by atoms with van der Waals surface area (Å²) < 4.78 is 38.2. The molecule has 0 saturated carbocycles. The molecule has 9 heteroatoms. The van der Waals surface area contributed by atoms with Crippen molar-refractivity contribution in [3.05, 3.63) is 89.1 Å². The molecule has 0 spiro atoms. The number of rotatable bonds is 13. The Bertz CT molecular complexity index is 1210. The van der Waals surface area contributed by atoms with E-state index in [1.165, 1.54) is 18.2 Å². The molecule has 0 fully saturated rings. The van der Waals surface area contributed by atoms with Crippen LogP contribution in [0.25, 0.3) is 0 Å². The molecule has 0 unspecified atom stereocenters. The molecule has 0 saturated heterocycles. The van der Waals surface area contributed by atoms with Gasteiger partial charge in [0.15, 0.2) is 11.5 Å². The number of carbonyl (C=O) groups is 1. The molecule has 3 rings (SSSR count). The number of benzene rings is 2. The van der Waals surface area contributed by atoms with Crippen molar-refractivity contribution in [2.45, 2.75) is 17.9 Å². The normalized spacial score (nSPS) is 11.3. The lowest BCUT2D eigenvalue weighted by Gasteiger charge is -2.26. The maximum absolute atomic E-state index is 13.4. The summed E-state index contributed by atoms with van der Waals surface area (Å²) in [5.41, 5.74) is 0.978.